The van der Waals surface area contributed by atoms with E-state index in [1.165, 1.54) is 22.3 Å². The molecule has 0 saturated heterocycles. The van der Waals surface area contributed by atoms with Crippen molar-refractivity contribution < 1.29 is 4.42 Å². The van der Waals surface area contributed by atoms with Crippen LogP contribution in [0.1, 0.15) is 22.3 Å². The van der Waals surface area contributed by atoms with E-state index < -0.39 is 5.41 Å². The molecule has 12 rings (SSSR count). The van der Waals surface area contributed by atoms with E-state index in [1.807, 2.05) is 6.07 Å². The van der Waals surface area contributed by atoms with Gasteiger partial charge in [-0.3, -0.25) is 0 Å². The number of furan rings is 1. The zero-order chi connectivity index (χ0) is 38.9. The van der Waals surface area contributed by atoms with Crippen LogP contribution in [0.4, 0.5) is 17.1 Å². The minimum absolute atomic E-state index is 0.509. The lowest BCUT2D eigenvalue weighted by Crippen LogP contribution is -2.37. The highest BCUT2D eigenvalue weighted by atomic mass is 16.3. The van der Waals surface area contributed by atoms with E-state index in [1.54, 1.807) is 0 Å². The van der Waals surface area contributed by atoms with E-state index in [0.29, 0.717) is 0 Å². The second-order valence-corrected chi connectivity index (χ2v) is 15.4. The number of hydrogen-bond acceptors (Lipinski definition) is 3. The molecule has 0 N–H and O–H groups in total. The Hall–Kier alpha value is -7.75. The zero-order valence-electron chi connectivity index (χ0n) is 32.1. The van der Waals surface area contributed by atoms with Crippen LogP contribution in [-0.2, 0) is 5.41 Å². The number of para-hydroxylation sites is 3. The van der Waals surface area contributed by atoms with Crippen molar-refractivity contribution in [2.24, 2.45) is 0 Å². The third-order valence-corrected chi connectivity index (χ3v) is 12.3. The van der Waals surface area contributed by atoms with Crippen molar-refractivity contribution in [3.8, 4) is 22.4 Å². The van der Waals surface area contributed by atoms with Crippen LogP contribution >= 0.6 is 0 Å². The summed E-state index contributed by atoms with van der Waals surface area (Å²) < 4.78 is 6.81. The van der Waals surface area contributed by atoms with E-state index in [-0.39, 0.29) is 0 Å². The molecule has 1 aliphatic heterocycles. The molecule has 1 aliphatic rings. The van der Waals surface area contributed by atoms with Crippen molar-refractivity contribution in [2.75, 3.05) is 4.90 Å². The maximum atomic E-state index is 6.81. The highest BCUT2D eigenvalue weighted by molar-refractivity contribution is 6.25. The molecule has 0 radical (unpaired) electrons. The number of pyridine rings is 1. The topological polar surface area (TPSA) is 29.3 Å². The monoisotopic (exact) mass is 752 g/mol. The SMILES string of the molecule is c1ccc(-c2nc3ccccc3c3c2ccc2c4cc(-c5cccc(N6c7ccccc7C(c7ccccc7)(c7ccccc7)c7ccccc76)c5)ccc4oc23)cc1. The Balaban J connectivity index is 1.03. The number of fused-ring (bicyclic) bond motifs is 9. The van der Waals surface area contributed by atoms with Gasteiger partial charge in [-0.2, -0.15) is 0 Å². The second kappa shape index (κ2) is 13.2. The van der Waals surface area contributed by atoms with Crippen LogP contribution < -0.4 is 4.90 Å². The molecule has 0 spiro atoms. The Bertz CT molecular complexity index is 3300. The standard InChI is InChI=1S/C56H36N2O/c1-4-17-37(18-5-1)54-45-33-32-43-46-36-39(31-34-52(46)59-55(43)53(45)44-25-10-13-28-49(44)57-54)38-19-16-24-42(35-38)58-50-29-14-11-26-47(50)56(40-20-6-2-7-21-40,41-22-8-3-9-23-41)48-27-12-15-30-51(48)58/h1-36H. The summed E-state index contributed by atoms with van der Waals surface area (Å²) in [6, 6.07) is 78.6. The van der Waals surface area contributed by atoms with Crippen LogP contribution in [0.25, 0.3) is 66.0 Å². The Morgan fingerprint density at radius 3 is 1.69 bits per heavy atom. The molecule has 0 unspecified atom stereocenters. The maximum Gasteiger partial charge on any atom is 0.144 e. The lowest BCUT2D eigenvalue weighted by Gasteiger charge is -2.46. The smallest absolute Gasteiger partial charge is 0.144 e. The molecule has 276 valence electrons. The predicted molar refractivity (Wildman–Crippen MR) is 244 cm³/mol. The molecule has 11 aromatic rings. The molecule has 2 aromatic heterocycles. The summed E-state index contributed by atoms with van der Waals surface area (Å²) >= 11 is 0. The zero-order valence-corrected chi connectivity index (χ0v) is 32.1. The molecule has 0 aliphatic carbocycles. The average Bonchev–Trinajstić information content (AvgIpc) is 3.69. The summed E-state index contributed by atoms with van der Waals surface area (Å²) in [6.07, 6.45) is 0. The van der Waals surface area contributed by atoms with E-state index in [2.05, 4.69) is 217 Å². The van der Waals surface area contributed by atoms with Gasteiger partial charge < -0.3 is 9.32 Å². The minimum Gasteiger partial charge on any atom is -0.455 e. The van der Waals surface area contributed by atoms with Crippen molar-refractivity contribution in [2.45, 2.75) is 5.41 Å². The molecule has 3 heteroatoms. The van der Waals surface area contributed by atoms with Gasteiger partial charge in [0.1, 0.15) is 11.2 Å². The van der Waals surface area contributed by atoms with Crippen molar-refractivity contribution >= 4 is 60.7 Å². The second-order valence-electron chi connectivity index (χ2n) is 15.4. The average molecular weight is 753 g/mol. The molecule has 0 saturated carbocycles. The number of hydrogen-bond donors (Lipinski definition) is 0. The van der Waals surface area contributed by atoms with Crippen LogP contribution in [0.2, 0.25) is 0 Å². The number of rotatable bonds is 5. The van der Waals surface area contributed by atoms with Gasteiger partial charge in [-0.1, -0.05) is 170 Å². The quantitative estimate of drug-likeness (QED) is 0.164. The number of nitrogens with zero attached hydrogens (tertiary/aromatic N) is 2. The molecule has 3 heterocycles. The molecule has 59 heavy (non-hydrogen) atoms. The highest BCUT2D eigenvalue weighted by Crippen LogP contribution is 2.57. The van der Waals surface area contributed by atoms with E-state index in [9.17, 15) is 0 Å². The highest BCUT2D eigenvalue weighted by Gasteiger charge is 2.46. The summed E-state index contributed by atoms with van der Waals surface area (Å²) in [5, 5.41) is 5.45. The van der Waals surface area contributed by atoms with E-state index in [0.717, 1.165) is 83.1 Å². The van der Waals surface area contributed by atoms with Crippen LogP contribution in [0.15, 0.2) is 223 Å². The van der Waals surface area contributed by atoms with Gasteiger partial charge in [0.25, 0.3) is 0 Å². The van der Waals surface area contributed by atoms with Crippen LogP contribution in [0.5, 0.6) is 0 Å². The summed E-state index contributed by atoms with van der Waals surface area (Å²) in [5.74, 6) is 0. The number of aromatic nitrogens is 1. The van der Waals surface area contributed by atoms with Gasteiger partial charge in [-0.05, 0) is 81.9 Å². The Morgan fingerprint density at radius 2 is 0.983 bits per heavy atom. The van der Waals surface area contributed by atoms with Crippen molar-refractivity contribution in [1.29, 1.82) is 0 Å². The Kier molecular flexibility index (Phi) is 7.45. The van der Waals surface area contributed by atoms with Gasteiger partial charge in [0, 0.05) is 38.2 Å². The van der Waals surface area contributed by atoms with E-state index in [4.69, 9.17) is 9.40 Å². The van der Waals surface area contributed by atoms with Crippen LogP contribution in [0, 0.1) is 0 Å². The lowest BCUT2D eigenvalue weighted by molar-refractivity contribution is 0.673. The van der Waals surface area contributed by atoms with Gasteiger partial charge in [0.15, 0.2) is 0 Å². The maximum absolute atomic E-state index is 6.81. The van der Waals surface area contributed by atoms with Crippen molar-refractivity contribution in [1.82, 2.24) is 4.98 Å². The van der Waals surface area contributed by atoms with Gasteiger partial charge in [0.05, 0.1) is 28.0 Å². The van der Waals surface area contributed by atoms with Gasteiger partial charge in [-0.25, -0.2) is 4.98 Å². The first kappa shape index (κ1) is 33.4. The number of anilines is 3. The third-order valence-electron chi connectivity index (χ3n) is 12.3. The molecular formula is C56H36N2O. The number of benzene rings is 9. The largest absolute Gasteiger partial charge is 0.455 e. The molecule has 3 nitrogen and oxygen atoms in total. The minimum atomic E-state index is -0.509. The fourth-order valence-corrected chi connectivity index (χ4v) is 9.78. The van der Waals surface area contributed by atoms with Gasteiger partial charge in [-0.15, -0.1) is 0 Å². The van der Waals surface area contributed by atoms with E-state index >= 15 is 0 Å². The molecular weight excluding hydrogens is 717 g/mol. The normalized spacial score (nSPS) is 13.2. The fourth-order valence-electron chi connectivity index (χ4n) is 9.78. The first-order valence-electron chi connectivity index (χ1n) is 20.2. The predicted octanol–water partition coefficient (Wildman–Crippen LogP) is 14.8. The van der Waals surface area contributed by atoms with Crippen LogP contribution in [-0.4, -0.2) is 4.98 Å². The molecule has 0 amide bonds. The van der Waals surface area contributed by atoms with Gasteiger partial charge >= 0.3 is 0 Å². The van der Waals surface area contributed by atoms with Crippen LogP contribution in [0.3, 0.4) is 0 Å². The Morgan fingerprint density at radius 1 is 0.407 bits per heavy atom. The molecule has 0 bridgehead atoms. The molecule has 0 atom stereocenters. The fraction of sp³-hybridized carbons (Fsp3) is 0.0179. The summed E-state index contributed by atoms with van der Waals surface area (Å²) in [7, 11) is 0. The van der Waals surface area contributed by atoms with Crippen molar-refractivity contribution in [3.63, 3.8) is 0 Å². The Labute approximate surface area is 342 Å². The molecule has 9 aromatic carbocycles. The lowest BCUT2D eigenvalue weighted by atomic mass is 9.62. The van der Waals surface area contributed by atoms with Crippen molar-refractivity contribution in [3.05, 3.63) is 241 Å². The third kappa shape index (κ3) is 4.98. The summed E-state index contributed by atoms with van der Waals surface area (Å²) in [4.78, 5) is 7.60. The first-order chi connectivity index (χ1) is 29.3. The first-order valence-corrected chi connectivity index (χ1v) is 20.2. The summed E-state index contributed by atoms with van der Waals surface area (Å²) in [6.45, 7) is 0. The van der Waals surface area contributed by atoms with Gasteiger partial charge in [0.2, 0.25) is 0 Å². The summed E-state index contributed by atoms with van der Waals surface area (Å²) in [5.41, 5.74) is 14.9. The molecule has 0 fully saturated rings.